The molecule has 2 heterocycles. The predicted molar refractivity (Wildman–Crippen MR) is 37.7 cm³/mol. The number of nitrogens with zero attached hydrogens (tertiary/aromatic N) is 4. The van der Waals surface area contributed by atoms with Gasteiger partial charge in [0, 0.05) is 12.4 Å². The number of aromatic nitrogens is 4. The topological polar surface area (TPSA) is 80.4 Å². The Bertz CT molecular complexity index is 436. The quantitative estimate of drug-likeness (QED) is 0.632. The Morgan fingerprint density at radius 1 is 1.58 bits per heavy atom. The van der Waals surface area contributed by atoms with Crippen LogP contribution in [0.25, 0.3) is 5.65 Å². The minimum atomic E-state index is -1.10. The molecule has 12 heavy (non-hydrogen) atoms. The summed E-state index contributed by atoms with van der Waals surface area (Å²) in [6.45, 7) is 0. The first-order chi connectivity index (χ1) is 5.79. The van der Waals surface area contributed by atoms with Crippen LogP contribution in [0.5, 0.6) is 0 Å². The summed E-state index contributed by atoms with van der Waals surface area (Å²) in [5.74, 6) is -1.10. The molecule has 0 amide bonds. The van der Waals surface area contributed by atoms with E-state index in [1.807, 2.05) is 0 Å². The van der Waals surface area contributed by atoms with Gasteiger partial charge in [-0.1, -0.05) is 0 Å². The van der Waals surface area contributed by atoms with E-state index < -0.39 is 5.97 Å². The average Bonchev–Trinajstić information content (AvgIpc) is 2.49. The highest BCUT2D eigenvalue weighted by atomic mass is 16.4. The van der Waals surface area contributed by atoms with Crippen molar-refractivity contribution in [2.75, 3.05) is 0 Å². The molecule has 6 nitrogen and oxygen atoms in total. The first kappa shape index (κ1) is 6.71. The molecule has 0 aliphatic rings. The second-order valence-corrected chi connectivity index (χ2v) is 2.14. The Balaban J connectivity index is 2.82. The van der Waals surface area contributed by atoms with Crippen molar-refractivity contribution >= 4 is 11.6 Å². The standard InChI is InChI=1S/C6H4N4O2/c11-6(12)4-5-9-8-3-10(5)2-1-7-4/h1-3H,(H,11,12). The van der Waals surface area contributed by atoms with Gasteiger partial charge < -0.3 is 5.11 Å². The SMILES string of the molecule is O=C(O)c1nccn2cnnc12. The van der Waals surface area contributed by atoms with E-state index in [1.54, 1.807) is 6.20 Å². The normalized spacial score (nSPS) is 10.3. The van der Waals surface area contributed by atoms with Gasteiger partial charge in [-0.3, -0.25) is 4.40 Å². The van der Waals surface area contributed by atoms with E-state index >= 15 is 0 Å². The first-order valence-electron chi connectivity index (χ1n) is 3.16. The lowest BCUT2D eigenvalue weighted by molar-refractivity contribution is 0.0692. The lowest BCUT2D eigenvalue weighted by Gasteiger charge is -1.93. The zero-order valence-corrected chi connectivity index (χ0v) is 5.88. The fourth-order valence-electron chi connectivity index (χ4n) is 0.909. The molecule has 0 spiro atoms. The summed E-state index contributed by atoms with van der Waals surface area (Å²) in [7, 11) is 0. The molecular weight excluding hydrogens is 160 g/mol. The summed E-state index contributed by atoms with van der Waals surface area (Å²) in [6, 6.07) is 0. The van der Waals surface area contributed by atoms with Gasteiger partial charge in [-0.05, 0) is 0 Å². The summed E-state index contributed by atoms with van der Waals surface area (Å²) in [5.41, 5.74) is 0.167. The van der Waals surface area contributed by atoms with Crippen molar-refractivity contribution in [3.63, 3.8) is 0 Å². The third kappa shape index (κ3) is 0.815. The number of carboxylic acid groups (broad SMARTS) is 1. The number of hydrogen-bond acceptors (Lipinski definition) is 4. The van der Waals surface area contributed by atoms with Crippen LogP contribution in [0, 0.1) is 0 Å². The molecule has 0 aliphatic carbocycles. The fourth-order valence-corrected chi connectivity index (χ4v) is 0.909. The molecule has 0 unspecified atom stereocenters. The lowest BCUT2D eigenvalue weighted by atomic mass is 10.4. The van der Waals surface area contributed by atoms with Crippen molar-refractivity contribution in [2.24, 2.45) is 0 Å². The van der Waals surface area contributed by atoms with Crippen LogP contribution >= 0.6 is 0 Å². The Hall–Kier alpha value is -1.98. The van der Waals surface area contributed by atoms with E-state index in [0.29, 0.717) is 0 Å². The van der Waals surface area contributed by atoms with Gasteiger partial charge in [0.2, 0.25) is 0 Å². The van der Waals surface area contributed by atoms with Crippen molar-refractivity contribution in [3.05, 3.63) is 24.4 Å². The lowest BCUT2D eigenvalue weighted by Crippen LogP contribution is -2.03. The van der Waals surface area contributed by atoms with Crippen LogP contribution in [0.1, 0.15) is 10.5 Å². The third-order valence-corrected chi connectivity index (χ3v) is 1.42. The maximum atomic E-state index is 10.6. The van der Waals surface area contributed by atoms with Crippen LogP contribution in [0.3, 0.4) is 0 Å². The summed E-state index contributed by atoms with van der Waals surface area (Å²) >= 11 is 0. The van der Waals surface area contributed by atoms with Crippen molar-refractivity contribution < 1.29 is 9.90 Å². The van der Waals surface area contributed by atoms with Gasteiger partial charge in [-0.25, -0.2) is 9.78 Å². The van der Waals surface area contributed by atoms with E-state index in [1.165, 1.54) is 16.9 Å². The Labute approximate surface area is 66.5 Å². The number of fused-ring (bicyclic) bond motifs is 1. The van der Waals surface area contributed by atoms with Crippen molar-refractivity contribution in [1.29, 1.82) is 0 Å². The van der Waals surface area contributed by atoms with Crippen LogP contribution in [-0.4, -0.2) is 30.7 Å². The highest BCUT2D eigenvalue weighted by molar-refractivity contribution is 5.91. The molecule has 60 valence electrons. The maximum absolute atomic E-state index is 10.6. The van der Waals surface area contributed by atoms with Gasteiger partial charge in [-0.15, -0.1) is 10.2 Å². The van der Waals surface area contributed by atoms with Gasteiger partial charge in [0.05, 0.1) is 0 Å². The Kier molecular flexibility index (Phi) is 1.26. The van der Waals surface area contributed by atoms with Crippen molar-refractivity contribution in [2.45, 2.75) is 0 Å². The molecule has 1 N–H and O–H groups in total. The highest BCUT2D eigenvalue weighted by Gasteiger charge is 2.10. The number of carboxylic acids is 1. The maximum Gasteiger partial charge on any atom is 0.358 e. The Morgan fingerprint density at radius 3 is 3.17 bits per heavy atom. The van der Waals surface area contributed by atoms with E-state index in [4.69, 9.17) is 5.11 Å². The van der Waals surface area contributed by atoms with Crippen molar-refractivity contribution in [3.8, 4) is 0 Å². The monoisotopic (exact) mass is 164 g/mol. The van der Waals surface area contributed by atoms with Gasteiger partial charge >= 0.3 is 5.97 Å². The van der Waals surface area contributed by atoms with Gasteiger partial charge in [-0.2, -0.15) is 0 Å². The van der Waals surface area contributed by atoms with Gasteiger partial charge in [0.25, 0.3) is 0 Å². The molecule has 2 aromatic heterocycles. The molecule has 0 aliphatic heterocycles. The molecular formula is C6H4N4O2. The molecule has 0 bridgehead atoms. The van der Waals surface area contributed by atoms with Crippen LogP contribution < -0.4 is 0 Å². The van der Waals surface area contributed by atoms with Crippen LogP contribution in [0.15, 0.2) is 18.7 Å². The second kappa shape index (κ2) is 2.26. The van der Waals surface area contributed by atoms with E-state index in [2.05, 4.69) is 15.2 Å². The van der Waals surface area contributed by atoms with E-state index in [9.17, 15) is 4.79 Å². The van der Waals surface area contributed by atoms with Crippen molar-refractivity contribution in [1.82, 2.24) is 19.6 Å². The molecule has 2 rings (SSSR count). The molecule has 2 aromatic rings. The predicted octanol–water partition coefficient (Wildman–Crippen LogP) is -0.178. The summed E-state index contributed by atoms with van der Waals surface area (Å²) in [4.78, 5) is 14.2. The molecule has 0 aromatic carbocycles. The van der Waals surface area contributed by atoms with E-state index in [-0.39, 0.29) is 11.3 Å². The molecule has 0 saturated heterocycles. The number of aromatic carboxylic acids is 1. The summed E-state index contributed by atoms with van der Waals surface area (Å²) < 4.78 is 1.50. The van der Waals surface area contributed by atoms with E-state index in [0.717, 1.165) is 0 Å². The zero-order chi connectivity index (χ0) is 8.55. The van der Waals surface area contributed by atoms with Gasteiger partial charge in [0.15, 0.2) is 11.3 Å². The summed E-state index contributed by atoms with van der Waals surface area (Å²) in [5, 5.41) is 15.8. The second-order valence-electron chi connectivity index (χ2n) is 2.14. The Morgan fingerprint density at radius 2 is 2.42 bits per heavy atom. The molecule has 6 heteroatoms. The fraction of sp³-hybridized carbons (Fsp3) is 0. The number of carbonyl (C=O) groups is 1. The first-order valence-corrected chi connectivity index (χ1v) is 3.16. The van der Waals surface area contributed by atoms with Crippen LogP contribution in [-0.2, 0) is 0 Å². The van der Waals surface area contributed by atoms with Gasteiger partial charge in [0.1, 0.15) is 6.33 Å². The minimum Gasteiger partial charge on any atom is -0.476 e. The third-order valence-electron chi connectivity index (χ3n) is 1.42. The molecule has 0 radical (unpaired) electrons. The molecule has 0 atom stereocenters. The smallest absolute Gasteiger partial charge is 0.358 e. The highest BCUT2D eigenvalue weighted by Crippen LogP contribution is 2.02. The van der Waals surface area contributed by atoms with Crippen LogP contribution in [0.2, 0.25) is 0 Å². The average molecular weight is 164 g/mol. The number of hydrogen-bond donors (Lipinski definition) is 1. The summed E-state index contributed by atoms with van der Waals surface area (Å²) in [6.07, 6.45) is 4.39. The zero-order valence-electron chi connectivity index (χ0n) is 5.88. The molecule has 0 fully saturated rings. The number of rotatable bonds is 1. The minimum absolute atomic E-state index is 0.0880. The molecule has 0 saturated carbocycles. The van der Waals surface area contributed by atoms with Crippen LogP contribution in [0.4, 0.5) is 0 Å². The largest absolute Gasteiger partial charge is 0.476 e.